The third kappa shape index (κ3) is 2.34. The summed E-state index contributed by atoms with van der Waals surface area (Å²) in [5, 5.41) is 3.43. The quantitative estimate of drug-likeness (QED) is 0.906. The molecular weight excluding hydrogens is 268 g/mol. The molecule has 0 radical (unpaired) electrons. The monoisotopic (exact) mass is 286 g/mol. The molecule has 0 spiro atoms. The van der Waals surface area contributed by atoms with E-state index in [4.69, 9.17) is 4.42 Å². The zero-order chi connectivity index (χ0) is 11.8. The minimum absolute atomic E-state index is 0.178. The summed E-state index contributed by atoms with van der Waals surface area (Å²) in [6.07, 6.45) is 0. The van der Waals surface area contributed by atoms with Crippen LogP contribution in [-0.2, 0) is 0 Å². The highest BCUT2D eigenvalue weighted by atomic mass is 79.9. The van der Waals surface area contributed by atoms with Gasteiger partial charge in [0.25, 0.3) is 0 Å². The van der Waals surface area contributed by atoms with Gasteiger partial charge in [-0.05, 0) is 48.8 Å². The molecule has 1 N–H and O–H groups in total. The molecule has 0 aromatic carbocycles. The Morgan fingerprint density at radius 3 is 2.81 bits per heavy atom. The molecule has 0 bridgehead atoms. The molecule has 1 saturated heterocycles. The van der Waals surface area contributed by atoms with E-state index in [-0.39, 0.29) is 5.54 Å². The molecule has 0 saturated carbocycles. The van der Waals surface area contributed by atoms with E-state index in [0.717, 1.165) is 30.1 Å². The Kier molecular flexibility index (Phi) is 3.42. The van der Waals surface area contributed by atoms with E-state index in [1.807, 2.05) is 12.1 Å². The van der Waals surface area contributed by atoms with Gasteiger partial charge in [0.1, 0.15) is 5.76 Å². The van der Waals surface area contributed by atoms with Crippen LogP contribution in [0, 0.1) is 0 Å². The van der Waals surface area contributed by atoms with Gasteiger partial charge in [-0.3, -0.25) is 4.90 Å². The molecule has 3 nitrogen and oxygen atoms in total. The zero-order valence-corrected chi connectivity index (χ0v) is 11.7. The van der Waals surface area contributed by atoms with Crippen molar-refractivity contribution < 1.29 is 4.42 Å². The molecule has 1 aromatic rings. The van der Waals surface area contributed by atoms with Crippen LogP contribution in [0.25, 0.3) is 0 Å². The van der Waals surface area contributed by atoms with Gasteiger partial charge in [0, 0.05) is 25.2 Å². The van der Waals surface area contributed by atoms with Crippen molar-refractivity contribution in [1.29, 1.82) is 0 Å². The molecule has 4 heteroatoms. The van der Waals surface area contributed by atoms with Crippen molar-refractivity contribution in [2.75, 3.05) is 19.6 Å². The van der Waals surface area contributed by atoms with Gasteiger partial charge in [-0.15, -0.1) is 0 Å². The van der Waals surface area contributed by atoms with Crippen LogP contribution in [0.5, 0.6) is 0 Å². The first-order valence-corrected chi connectivity index (χ1v) is 6.53. The second kappa shape index (κ2) is 4.51. The number of nitrogens with zero attached hydrogens (tertiary/aromatic N) is 1. The number of hydrogen-bond acceptors (Lipinski definition) is 3. The Labute approximate surface area is 105 Å². The van der Waals surface area contributed by atoms with E-state index in [2.05, 4.69) is 46.9 Å². The maximum Gasteiger partial charge on any atom is 0.169 e. The summed E-state index contributed by atoms with van der Waals surface area (Å²) in [4.78, 5) is 2.49. The van der Waals surface area contributed by atoms with E-state index in [9.17, 15) is 0 Å². The fourth-order valence-corrected chi connectivity index (χ4v) is 2.74. The van der Waals surface area contributed by atoms with Gasteiger partial charge in [-0.25, -0.2) is 0 Å². The van der Waals surface area contributed by atoms with Gasteiger partial charge in [0.2, 0.25) is 0 Å². The first-order valence-electron chi connectivity index (χ1n) is 5.73. The average Bonchev–Trinajstić information content (AvgIpc) is 2.63. The van der Waals surface area contributed by atoms with E-state index in [1.54, 1.807) is 0 Å². The van der Waals surface area contributed by atoms with Gasteiger partial charge < -0.3 is 9.73 Å². The van der Waals surface area contributed by atoms with Crippen LogP contribution in [0.2, 0.25) is 0 Å². The lowest BCUT2D eigenvalue weighted by molar-refractivity contribution is 0.0424. The summed E-state index contributed by atoms with van der Waals surface area (Å²) in [5.41, 5.74) is 0.178. The van der Waals surface area contributed by atoms with Crippen molar-refractivity contribution in [3.63, 3.8) is 0 Å². The largest absolute Gasteiger partial charge is 0.453 e. The molecule has 1 aliphatic rings. The molecule has 0 amide bonds. The van der Waals surface area contributed by atoms with Crippen molar-refractivity contribution in [3.05, 3.63) is 22.6 Å². The normalized spacial score (nSPS) is 23.2. The Bertz CT molecular complexity index is 362. The summed E-state index contributed by atoms with van der Waals surface area (Å²) in [6, 6.07) is 4.33. The van der Waals surface area contributed by atoms with E-state index in [0.29, 0.717) is 6.04 Å². The molecule has 2 rings (SSSR count). The highest BCUT2D eigenvalue weighted by Gasteiger charge is 2.34. The van der Waals surface area contributed by atoms with E-state index < -0.39 is 0 Å². The molecule has 16 heavy (non-hydrogen) atoms. The van der Waals surface area contributed by atoms with Crippen LogP contribution >= 0.6 is 15.9 Å². The number of piperazine rings is 1. The van der Waals surface area contributed by atoms with E-state index >= 15 is 0 Å². The third-order valence-electron chi connectivity index (χ3n) is 3.34. The maximum absolute atomic E-state index is 5.65. The molecular formula is C12H19BrN2O. The lowest BCUT2D eigenvalue weighted by Crippen LogP contribution is -2.58. The molecule has 1 atom stereocenters. The molecule has 0 aliphatic carbocycles. The van der Waals surface area contributed by atoms with Crippen LogP contribution in [0.15, 0.2) is 21.2 Å². The van der Waals surface area contributed by atoms with Gasteiger partial charge in [-0.2, -0.15) is 0 Å². The van der Waals surface area contributed by atoms with Gasteiger partial charge in [0.05, 0.1) is 6.04 Å². The van der Waals surface area contributed by atoms with E-state index in [1.165, 1.54) is 0 Å². The summed E-state index contributed by atoms with van der Waals surface area (Å²) in [7, 11) is 0. The Morgan fingerprint density at radius 2 is 2.25 bits per heavy atom. The number of nitrogens with one attached hydrogen (secondary N) is 1. The lowest BCUT2D eigenvalue weighted by Gasteiger charge is -2.45. The molecule has 1 fully saturated rings. The zero-order valence-electron chi connectivity index (χ0n) is 10.1. The van der Waals surface area contributed by atoms with Crippen molar-refractivity contribution in [1.82, 2.24) is 10.2 Å². The summed E-state index contributed by atoms with van der Waals surface area (Å²) in [6.45, 7) is 9.89. The smallest absolute Gasteiger partial charge is 0.169 e. The molecule has 1 unspecified atom stereocenters. The second-order valence-electron chi connectivity index (χ2n) is 5.00. The van der Waals surface area contributed by atoms with Crippen LogP contribution in [0.4, 0.5) is 0 Å². The van der Waals surface area contributed by atoms with Crippen molar-refractivity contribution in [2.24, 2.45) is 0 Å². The molecule has 90 valence electrons. The minimum Gasteiger partial charge on any atom is -0.453 e. The standard InChI is InChI=1S/C12H19BrN2O/c1-9(10-4-5-11(13)16-10)15-7-6-14-8-12(15,2)3/h4-5,9,14H,6-8H2,1-3H3. The Balaban J connectivity index is 2.17. The fraction of sp³-hybridized carbons (Fsp3) is 0.667. The summed E-state index contributed by atoms with van der Waals surface area (Å²) in [5.74, 6) is 1.03. The van der Waals surface area contributed by atoms with Gasteiger partial charge >= 0.3 is 0 Å². The first-order chi connectivity index (χ1) is 7.50. The van der Waals surface area contributed by atoms with Gasteiger partial charge in [0.15, 0.2) is 4.67 Å². The topological polar surface area (TPSA) is 28.4 Å². The highest BCUT2D eigenvalue weighted by molar-refractivity contribution is 9.10. The van der Waals surface area contributed by atoms with Crippen LogP contribution in [0.1, 0.15) is 32.6 Å². The third-order valence-corrected chi connectivity index (χ3v) is 3.76. The number of rotatable bonds is 2. The van der Waals surface area contributed by atoms with Crippen LogP contribution in [0.3, 0.4) is 0 Å². The van der Waals surface area contributed by atoms with Crippen LogP contribution < -0.4 is 5.32 Å². The van der Waals surface area contributed by atoms with Crippen molar-refractivity contribution in [2.45, 2.75) is 32.4 Å². The maximum atomic E-state index is 5.65. The SMILES string of the molecule is CC(c1ccc(Br)o1)N1CCNCC1(C)C. The molecule has 2 heterocycles. The number of furan rings is 1. The number of halogens is 1. The predicted molar refractivity (Wildman–Crippen MR) is 68.5 cm³/mol. The summed E-state index contributed by atoms with van der Waals surface area (Å²) < 4.78 is 6.45. The van der Waals surface area contributed by atoms with Gasteiger partial charge in [-0.1, -0.05) is 0 Å². The van der Waals surface area contributed by atoms with Crippen LogP contribution in [-0.4, -0.2) is 30.1 Å². The first kappa shape index (κ1) is 12.1. The fourth-order valence-electron chi connectivity index (χ4n) is 2.42. The Hall–Kier alpha value is -0.320. The predicted octanol–water partition coefficient (Wildman–Crippen LogP) is 2.79. The Morgan fingerprint density at radius 1 is 1.50 bits per heavy atom. The highest BCUT2D eigenvalue weighted by Crippen LogP contribution is 2.30. The lowest BCUT2D eigenvalue weighted by atomic mass is 9.97. The second-order valence-corrected chi connectivity index (χ2v) is 5.78. The van der Waals surface area contributed by atoms with Crippen molar-refractivity contribution >= 4 is 15.9 Å². The molecule has 1 aliphatic heterocycles. The summed E-state index contributed by atoms with van der Waals surface area (Å²) >= 11 is 3.36. The minimum atomic E-state index is 0.178. The number of hydrogen-bond donors (Lipinski definition) is 1. The van der Waals surface area contributed by atoms with Crippen molar-refractivity contribution in [3.8, 4) is 0 Å². The average molecular weight is 287 g/mol. The molecule has 1 aromatic heterocycles.